The van der Waals surface area contributed by atoms with Crippen LogP contribution in [0, 0.1) is 0 Å². The van der Waals surface area contributed by atoms with E-state index in [1.807, 2.05) is 60.7 Å². The van der Waals surface area contributed by atoms with Crippen molar-refractivity contribution in [1.29, 1.82) is 0 Å². The lowest BCUT2D eigenvalue weighted by molar-refractivity contribution is 0.00369. The van der Waals surface area contributed by atoms with Crippen LogP contribution in [0.15, 0.2) is 94.4 Å². The maximum absolute atomic E-state index is 6.40. The van der Waals surface area contributed by atoms with Crippen LogP contribution in [0.1, 0.15) is 35.1 Å². The standard InChI is InChI=1S/C20H16N2O3/c1-3-11-21-15(7-1)19(17-9-5-13-23-17)25-20(18-10-6-14-24-18)16-8-2-4-12-22-16/h1-14,19-20H. The van der Waals surface area contributed by atoms with Gasteiger partial charge in [-0.05, 0) is 48.5 Å². The molecule has 5 heteroatoms. The molecule has 2 unspecified atom stereocenters. The number of aromatic nitrogens is 2. The second kappa shape index (κ2) is 7.15. The summed E-state index contributed by atoms with van der Waals surface area (Å²) in [6.45, 7) is 0. The first-order chi connectivity index (χ1) is 12.4. The van der Waals surface area contributed by atoms with Gasteiger partial charge in [0.2, 0.25) is 0 Å². The van der Waals surface area contributed by atoms with Crippen molar-refractivity contribution in [1.82, 2.24) is 9.97 Å². The fourth-order valence-corrected chi connectivity index (χ4v) is 2.64. The summed E-state index contributed by atoms with van der Waals surface area (Å²) in [5.41, 5.74) is 1.51. The Kier molecular flexibility index (Phi) is 4.39. The normalized spacial score (nSPS) is 13.4. The Morgan fingerprint density at radius 1 is 0.640 bits per heavy atom. The summed E-state index contributed by atoms with van der Waals surface area (Å²) in [6.07, 6.45) is 5.75. The SMILES string of the molecule is c1ccc(C(OC(c2ccccn2)c2ccco2)c2ccco2)nc1. The Bertz CT molecular complexity index is 800. The highest BCUT2D eigenvalue weighted by atomic mass is 16.5. The first kappa shape index (κ1) is 15.4. The van der Waals surface area contributed by atoms with E-state index in [4.69, 9.17) is 13.6 Å². The third kappa shape index (κ3) is 3.36. The molecular formula is C20H16N2O3. The Hall–Kier alpha value is -3.18. The van der Waals surface area contributed by atoms with Crippen molar-refractivity contribution in [3.8, 4) is 0 Å². The number of ether oxygens (including phenoxy) is 1. The Morgan fingerprint density at radius 2 is 1.16 bits per heavy atom. The Balaban J connectivity index is 1.74. The zero-order chi connectivity index (χ0) is 16.9. The maximum atomic E-state index is 6.40. The molecule has 0 saturated carbocycles. The van der Waals surface area contributed by atoms with Crippen LogP contribution in [-0.4, -0.2) is 9.97 Å². The summed E-state index contributed by atoms with van der Waals surface area (Å²) >= 11 is 0. The number of nitrogens with zero attached hydrogens (tertiary/aromatic N) is 2. The highest BCUT2D eigenvalue weighted by Crippen LogP contribution is 2.34. The van der Waals surface area contributed by atoms with E-state index in [-0.39, 0.29) is 0 Å². The number of hydrogen-bond donors (Lipinski definition) is 0. The van der Waals surface area contributed by atoms with Crippen LogP contribution in [0.4, 0.5) is 0 Å². The van der Waals surface area contributed by atoms with Gasteiger partial charge in [0.25, 0.3) is 0 Å². The average Bonchev–Trinajstić information content (AvgIpc) is 3.38. The molecular weight excluding hydrogens is 316 g/mol. The Morgan fingerprint density at radius 3 is 1.52 bits per heavy atom. The van der Waals surface area contributed by atoms with Gasteiger partial charge in [0, 0.05) is 12.4 Å². The van der Waals surface area contributed by atoms with Gasteiger partial charge >= 0.3 is 0 Å². The highest BCUT2D eigenvalue weighted by molar-refractivity contribution is 5.22. The van der Waals surface area contributed by atoms with Crippen LogP contribution in [0.2, 0.25) is 0 Å². The van der Waals surface area contributed by atoms with Crippen LogP contribution in [0.5, 0.6) is 0 Å². The van der Waals surface area contributed by atoms with Crippen LogP contribution in [0.25, 0.3) is 0 Å². The van der Waals surface area contributed by atoms with E-state index in [1.165, 1.54) is 0 Å². The molecule has 4 heterocycles. The molecule has 0 aliphatic rings. The first-order valence-corrected chi connectivity index (χ1v) is 7.96. The summed E-state index contributed by atoms with van der Waals surface area (Å²) in [4.78, 5) is 8.85. The largest absolute Gasteiger partial charge is 0.466 e. The van der Waals surface area contributed by atoms with Gasteiger partial charge in [-0.3, -0.25) is 9.97 Å². The molecule has 0 amide bonds. The van der Waals surface area contributed by atoms with Gasteiger partial charge in [0.1, 0.15) is 11.5 Å². The second-order valence-corrected chi connectivity index (χ2v) is 5.44. The predicted molar refractivity (Wildman–Crippen MR) is 90.7 cm³/mol. The molecule has 0 fully saturated rings. The molecule has 25 heavy (non-hydrogen) atoms. The van der Waals surface area contributed by atoms with E-state index >= 15 is 0 Å². The fourth-order valence-electron chi connectivity index (χ4n) is 2.64. The summed E-state index contributed by atoms with van der Waals surface area (Å²) in [5.74, 6) is 1.34. The van der Waals surface area contributed by atoms with Crippen LogP contribution in [-0.2, 0) is 4.74 Å². The van der Waals surface area contributed by atoms with Crippen molar-refractivity contribution < 1.29 is 13.6 Å². The summed E-state index contributed by atoms with van der Waals surface area (Å²) < 4.78 is 17.6. The molecule has 4 rings (SSSR count). The van der Waals surface area contributed by atoms with Crippen molar-refractivity contribution in [2.75, 3.05) is 0 Å². The van der Waals surface area contributed by atoms with Crippen molar-refractivity contribution in [2.24, 2.45) is 0 Å². The number of pyridine rings is 2. The molecule has 0 bridgehead atoms. The highest BCUT2D eigenvalue weighted by Gasteiger charge is 2.28. The van der Waals surface area contributed by atoms with Crippen molar-refractivity contribution in [3.05, 3.63) is 108 Å². The summed E-state index contributed by atoms with van der Waals surface area (Å²) in [6, 6.07) is 18.8. The lowest BCUT2D eigenvalue weighted by Gasteiger charge is -2.22. The van der Waals surface area contributed by atoms with Crippen LogP contribution >= 0.6 is 0 Å². The maximum Gasteiger partial charge on any atom is 0.158 e. The zero-order valence-corrected chi connectivity index (χ0v) is 13.4. The van der Waals surface area contributed by atoms with Gasteiger partial charge in [0.05, 0.1) is 23.9 Å². The lowest BCUT2D eigenvalue weighted by atomic mass is 10.1. The molecule has 2 atom stereocenters. The van der Waals surface area contributed by atoms with Crippen LogP contribution in [0.3, 0.4) is 0 Å². The van der Waals surface area contributed by atoms with Gasteiger partial charge in [-0.1, -0.05) is 12.1 Å². The molecule has 4 aromatic rings. The third-order valence-electron chi connectivity index (χ3n) is 3.79. The molecule has 0 radical (unpaired) electrons. The zero-order valence-electron chi connectivity index (χ0n) is 13.4. The molecule has 4 aromatic heterocycles. The number of furan rings is 2. The van der Waals surface area contributed by atoms with E-state index in [1.54, 1.807) is 24.9 Å². The number of hydrogen-bond acceptors (Lipinski definition) is 5. The lowest BCUT2D eigenvalue weighted by Crippen LogP contribution is -2.14. The fraction of sp³-hybridized carbons (Fsp3) is 0.100. The van der Waals surface area contributed by atoms with E-state index in [0.29, 0.717) is 11.5 Å². The van der Waals surface area contributed by atoms with Gasteiger partial charge in [-0.2, -0.15) is 0 Å². The summed E-state index contributed by atoms with van der Waals surface area (Å²) in [5, 5.41) is 0. The predicted octanol–water partition coefficient (Wildman–Crippen LogP) is 4.56. The minimum Gasteiger partial charge on any atom is -0.466 e. The van der Waals surface area contributed by atoms with Gasteiger partial charge in [0.15, 0.2) is 12.2 Å². The van der Waals surface area contributed by atoms with Gasteiger partial charge in [-0.25, -0.2) is 0 Å². The molecule has 0 spiro atoms. The van der Waals surface area contributed by atoms with Crippen molar-refractivity contribution in [3.63, 3.8) is 0 Å². The van der Waals surface area contributed by atoms with Gasteiger partial charge < -0.3 is 13.6 Å². The van der Waals surface area contributed by atoms with Crippen molar-refractivity contribution >= 4 is 0 Å². The van der Waals surface area contributed by atoms with E-state index in [0.717, 1.165) is 11.4 Å². The molecule has 0 N–H and O–H groups in total. The quantitative estimate of drug-likeness (QED) is 0.518. The van der Waals surface area contributed by atoms with E-state index in [2.05, 4.69) is 9.97 Å². The average molecular weight is 332 g/mol. The number of rotatable bonds is 6. The molecule has 0 aliphatic carbocycles. The molecule has 0 aromatic carbocycles. The minimum absolute atomic E-state index is 0.478. The molecule has 0 saturated heterocycles. The third-order valence-corrected chi connectivity index (χ3v) is 3.79. The first-order valence-electron chi connectivity index (χ1n) is 7.96. The monoisotopic (exact) mass is 332 g/mol. The Labute approximate surface area is 144 Å². The molecule has 5 nitrogen and oxygen atoms in total. The minimum atomic E-state index is -0.478. The second-order valence-electron chi connectivity index (χ2n) is 5.44. The van der Waals surface area contributed by atoms with E-state index in [9.17, 15) is 0 Å². The van der Waals surface area contributed by atoms with E-state index < -0.39 is 12.2 Å². The van der Waals surface area contributed by atoms with Gasteiger partial charge in [-0.15, -0.1) is 0 Å². The smallest absolute Gasteiger partial charge is 0.158 e. The van der Waals surface area contributed by atoms with Crippen molar-refractivity contribution in [2.45, 2.75) is 12.2 Å². The molecule has 0 aliphatic heterocycles. The summed E-state index contributed by atoms with van der Waals surface area (Å²) in [7, 11) is 0. The topological polar surface area (TPSA) is 61.3 Å². The van der Waals surface area contributed by atoms with Crippen LogP contribution < -0.4 is 0 Å². The molecule has 124 valence electrons.